The van der Waals surface area contributed by atoms with Crippen LogP contribution in [0.3, 0.4) is 0 Å². The summed E-state index contributed by atoms with van der Waals surface area (Å²) in [4.78, 5) is 4.08. The smallest absolute Gasteiger partial charge is 0.237 e. The van der Waals surface area contributed by atoms with Gasteiger partial charge in [-0.3, -0.25) is 0 Å². The van der Waals surface area contributed by atoms with Crippen molar-refractivity contribution < 1.29 is 14.2 Å². The van der Waals surface area contributed by atoms with Gasteiger partial charge in [0.05, 0.1) is 12.3 Å². The van der Waals surface area contributed by atoms with Gasteiger partial charge in [0.15, 0.2) is 5.79 Å². The van der Waals surface area contributed by atoms with Crippen LogP contribution in [0.1, 0.15) is 13.8 Å². The standard InChI is InChI=1S/C11H15BrN2O3/c1-11(2)16-6-8(17-11)5-15-10-9(13)3-7(12)4-14-10/h3-4,8H,5-6,13H2,1-2H3. The molecule has 2 N–H and O–H groups in total. The molecule has 1 atom stereocenters. The van der Waals surface area contributed by atoms with Crippen LogP contribution in [0, 0.1) is 0 Å². The molecule has 6 heteroatoms. The molecule has 1 aliphatic heterocycles. The first kappa shape index (κ1) is 12.6. The number of halogens is 1. The van der Waals surface area contributed by atoms with Crippen molar-refractivity contribution >= 4 is 21.6 Å². The van der Waals surface area contributed by atoms with E-state index in [4.69, 9.17) is 19.9 Å². The van der Waals surface area contributed by atoms with Crippen molar-refractivity contribution in [3.63, 3.8) is 0 Å². The molecule has 0 saturated carbocycles. The number of hydrogen-bond acceptors (Lipinski definition) is 5. The van der Waals surface area contributed by atoms with Crippen molar-refractivity contribution in [3.05, 3.63) is 16.7 Å². The van der Waals surface area contributed by atoms with E-state index in [1.165, 1.54) is 0 Å². The molecular weight excluding hydrogens is 288 g/mol. The lowest BCUT2D eigenvalue weighted by Crippen LogP contribution is -2.25. The average molecular weight is 303 g/mol. The van der Waals surface area contributed by atoms with Gasteiger partial charge in [0, 0.05) is 10.7 Å². The second kappa shape index (κ2) is 4.80. The van der Waals surface area contributed by atoms with Crippen molar-refractivity contribution in [1.82, 2.24) is 4.98 Å². The summed E-state index contributed by atoms with van der Waals surface area (Å²) in [5, 5.41) is 0. The van der Waals surface area contributed by atoms with Crippen LogP contribution in [0.5, 0.6) is 5.88 Å². The Kier molecular flexibility index (Phi) is 3.56. The highest BCUT2D eigenvalue weighted by Crippen LogP contribution is 2.25. The van der Waals surface area contributed by atoms with Gasteiger partial charge in [0.2, 0.25) is 5.88 Å². The fourth-order valence-corrected chi connectivity index (χ4v) is 1.93. The molecule has 2 heterocycles. The van der Waals surface area contributed by atoms with E-state index in [1.54, 1.807) is 12.3 Å². The molecule has 1 aromatic rings. The highest BCUT2D eigenvalue weighted by molar-refractivity contribution is 9.10. The molecule has 0 spiro atoms. The zero-order valence-electron chi connectivity index (χ0n) is 9.77. The van der Waals surface area contributed by atoms with E-state index >= 15 is 0 Å². The van der Waals surface area contributed by atoms with Gasteiger partial charge in [-0.25, -0.2) is 4.98 Å². The number of hydrogen-bond donors (Lipinski definition) is 1. The van der Waals surface area contributed by atoms with Crippen molar-refractivity contribution in [2.75, 3.05) is 18.9 Å². The molecule has 0 aromatic carbocycles. The Hall–Kier alpha value is -0.850. The number of rotatable bonds is 3. The largest absolute Gasteiger partial charge is 0.473 e. The Morgan fingerprint density at radius 2 is 2.41 bits per heavy atom. The third-order valence-electron chi connectivity index (χ3n) is 2.32. The zero-order chi connectivity index (χ0) is 12.5. The summed E-state index contributed by atoms with van der Waals surface area (Å²) in [6.07, 6.45) is 1.55. The minimum Gasteiger partial charge on any atom is -0.473 e. The van der Waals surface area contributed by atoms with Crippen LogP contribution in [0.2, 0.25) is 0 Å². The summed E-state index contributed by atoms with van der Waals surface area (Å²) in [6, 6.07) is 1.75. The number of aromatic nitrogens is 1. The first-order chi connectivity index (χ1) is 7.96. The Balaban J connectivity index is 1.90. The molecule has 0 radical (unpaired) electrons. The Bertz CT molecular complexity index is 412. The van der Waals surface area contributed by atoms with Gasteiger partial charge in [0.25, 0.3) is 0 Å². The van der Waals surface area contributed by atoms with Gasteiger partial charge in [-0.15, -0.1) is 0 Å². The molecule has 1 aromatic heterocycles. The lowest BCUT2D eigenvalue weighted by molar-refractivity contribution is -0.141. The van der Waals surface area contributed by atoms with Crippen molar-refractivity contribution in [3.8, 4) is 5.88 Å². The lowest BCUT2D eigenvalue weighted by atomic mass is 10.4. The van der Waals surface area contributed by atoms with Crippen molar-refractivity contribution in [2.45, 2.75) is 25.7 Å². The van der Waals surface area contributed by atoms with Gasteiger partial charge in [-0.05, 0) is 35.8 Å². The second-order valence-electron chi connectivity index (χ2n) is 4.31. The third-order valence-corrected chi connectivity index (χ3v) is 2.75. The first-order valence-electron chi connectivity index (χ1n) is 5.32. The number of pyridine rings is 1. The monoisotopic (exact) mass is 302 g/mol. The summed E-state index contributed by atoms with van der Waals surface area (Å²) in [5.41, 5.74) is 6.27. The van der Waals surface area contributed by atoms with E-state index in [1.807, 2.05) is 13.8 Å². The van der Waals surface area contributed by atoms with Crippen LogP contribution >= 0.6 is 15.9 Å². The van der Waals surface area contributed by atoms with Gasteiger partial charge in [-0.1, -0.05) is 0 Å². The van der Waals surface area contributed by atoms with Crippen molar-refractivity contribution in [1.29, 1.82) is 0 Å². The predicted octanol–water partition coefficient (Wildman–Crippen LogP) is 1.96. The highest BCUT2D eigenvalue weighted by Gasteiger charge is 2.33. The van der Waals surface area contributed by atoms with Gasteiger partial charge < -0.3 is 19.9 Å². The van der Waals surface area contributed by atoms with Gasteiger partial charge >= 0.3 is 0 Å². The molecule has 5 nitrogen and oxygen atoms in total. The first-order valence-corrected chi connectivity index (χ1v) is 6.11. The van der Waals surface area contributed by atoms with E-state index in [-0.39, 0.29) is 6.10 Å². The molecule has 0 amide bonds. The predicted molar refractivity (Wildman–Crippen MR) is 66.7 cm³/mol. The van der Waals surface area contributed by atoms with Gasteiger partial charge in [-0.2, -0.15) is 0 Å². The molecule has 1 saturated heterocycles. The van der Waals surface area contributed by atoms with Crippen LogP contribution in [0.15, 0.2) is 16.7 Å². The minimum absolute atomic E-state index is 0.0881. The molecule has 94 valence electrons. The van der Waals surface area contributed by atoms with Crippen LogP contribution in [-0.4, -0.2) is 30.1 Å². The Labute approximate surface area is 108 Å². The number of ether oxygens (including phenoxy) is 3. The lowest BCUT2D eigenvalue weighted by Gasteiger charge is -2.17. The maximum Gasteiger partial charge on any atom is 0.237 e. The number of nitrogen functional groups attached to an aromatic ring is 1. The van der Waals surface area contributed by atoms with Crippen LogP contribution in [-0.2, 0) is 9.47 Å². The topological polar surface area (TPSA) is 66.6 Å². The zero-order valence-corrected chi connectivity index (χ0v) is 11.4. The maximum atomic E-state index is 5.77. The third kappa shape index (κ3) is 3.31. The van der Waals surface area contributed by atoms with E-state index in [0.29, 0.717) is 24.8 Å². The number of nitrogens with two attached hydrogens (primary N) is 1. The van der Waals surface area contributed by atoms with Gasteiger partial charge in [0.1, 0.15) is 12.7 Å². The number of nitrogens with zero attached hydrogens (tertiary/aromatic N) is 1. The molecule has 1 fully saturated rings. The quantitative estimate of drug-likeness (QED) is 0.924. The normalized spacial score (nSPS) is 22.6. The molecular formula is C11H15BrN2O3. The SMILES string of the molecule is CC1(C)OCC(COc2ncc(Br)cc2N)O1. The summed E-state index contributed by atoms with van der Waals surface area (Å²) >= 11 is 3.29. The molecule has 17 heavy (non-hydrogen) atoms. The summed E-state index contributed by atoms with van der Waals surface area (Å²) in [5.74, 6) is -0.117. The fraction of sp³-hybridized carbons (Fsp3) is 0.545. The number of anilines is 1. The van der Waals surface area contributed by atoms with Crippen molar-refractivity contribution in [2.24, 2.45) is 0 Å². The van der Waals surface area contributed by atoms with E-state index in [9.17, 15) is 0 Å². The summed E-state index contributed by atoms with van der Waals surface area (Å²) in [7, 11) is 0. The van der Waals surface area contributed by atoms with E-state index in [2.05, 4.69) is 20.9 Å². The highest BCUT2D eigenvalue weighted by atomic mass is 79.9. The summed E-state index contributed by atoms with van der Waals surface area (Å²) in [6.45, 7) is 4.64. The maximum absolute atomic E-state index is 5.77. The molecule has 0 aliphatic carbocycles. The fourth-order valence-electron chi connectivity index (χ4n) is 1.58. The van der Waals surface area contributed by atoms with E-state index < -0.39 is 5.79 Å². The van der Waals surface area contributed by atoms with E-state index in [0.717, 1.165) is 4.47 Å². The second-order valence-corrected chi connectivity index (χ2v) is 5.23. The van der Waals surface area contributed by atoms with Crippen LogP contribution in [0.25, 0.3) is 0 Å². The molecule has 1 aliphatic rings. The van der Waals surface area contributed by atoms with Crippen LogP contribution < -0.4 is 10.5 Å². The Morgan fingerprint density at radius 1 is 1.65 bits per heavy atom. The molecule has 2 rings (SSSR count). The Morgan fingerprint density at radius 3 is 3.00 bits per heavy atom. The van der Waals surface area contributed by atoms with Crippen LogP contribution in [0.4, 0.5) is 5.69 Å². The minimum atomic E-state index is -0.535. The summed E-state index contributed by atoms with van der Waals surface area (Å²) < 4.78 is 17.4. The average Bonchev–Trinajstić information content (AvgIpc) is 2.57. The molecule has 0 bridgehead atoms. The molecule has 1 unspecified atom stereocenters.